The summed E-state index contributed by atoms with van der Waals surface area (Å²) >= 11 is 0. The second kappa shape index (κ2) is 5.36. The number of rotatable bonds is 2. The maximum atomic E-state index is 5.80. The molecule has 0 aromatic heterocycles. The molecular weight excluding hydrogens is 256 g/mol. The fraction of sp³-hybridized carbons (Fsp3) is 0.500. The monoisotopic (exact) mass is 283 g/mol. The van der Waals surface area contributed by atoms with Crippen LogP contribution >= 0.6 is 0 Å². The average Bonchev–Trinajstić information content (AvgIpc) is 2.88. The first-order valence-corrected chi connectivity index (χ1v) is 7.65. The highest BCUT2D eigenvalue weighted by Crippen LogP contribution is 2.42. The lowest BCUT2D eigenvalue weighted by molar-refractivity contribution is 0.381. The fourth-order valence-corrected chi connectivity index (χ4v) is 2.72. The minimum atomic E-state index is 0.0459. The van der Waals surface area contributed by atoms with Gasteiger partial charge in [0.2, 0.25) is 0 Å². The molecule has 0 atom stereocenters. The van der Waals surface area contributed by atoms with Crippen molar-refractivity contribution in [3.05, 3.63) is 47.1 Å². The smallest absolute Gasteiger partial charge is 0.126 e. The van der Waals surface area contributed by atoms with Gasteiger partial charge < -0.3 is 4.74 Å². The summed E-state index contributed by atoms with van der Waals surface area (Å²) in [4.78, 5) is 0. The molecule has 0 bridgehead atoms. The van der Waals surface area contributed by atoms with Crippen molar-refractivity contribution in [3.8, 4) is 5.75 Å². The summed E-state index contributed by atoms with van der Waals surface area (Å²) < 4.78 is 5.80. The van der Waals surface area contributed by atoms with Crippen LogP contribution in [-0.4, -0.2) is 7.11 Å². The van der Waals surface area contributed by atoms with Gasteiger partial charge in [-0.05, 0) is 46.6 Å². The zero-order chi connectivity index (χ0) is 15.8. The van der Waals surface area contributed by atoms with Gasteiger partial charge in [-0.3, -0.25) is 0 Å². The molecule has 1 aliphatic rings. The van der Waals surface area contributed by atoms with E-state index < -0.39 is 0 Å². The number of methoxy groups -OCH3 is 1. The van der Waals surface area contributed by atoms with E-state index >= 15 is 0 Å². The molecule has 1 nitrogen and oxygen atoms in total. The highest BCUT2D eigenvalue weighted by Gasteiger charge is 2.27. The van der Waals surface area contributed by atoms with Gasteiger partial charge in [0, 0.05) is 11.1 Å². The van der Waals surface area contributed by atoms with Crippen LogP contribution in [0.25, 0.3) is 5.57 Å². The maximum Gasteiger partial charge on any atom is 0.126 e. The van der Waals surface area contributed by atoms with Crippen molar-refractivity contribution in [3.63, 3.8) is 0 Å². The van der Waals surface area contributed by atoms with E-state index in [-0.39, 0.29) is 10.8 Å². The van der Waals surface area contributed by atoms with Crippen LogP contribution < -0.4 is 4.74 Å². The number of allylic oxidation sites excluding steroid dienone is 4. The van der Waals surface area contributed by atoms with E-state index in [0.29, 0.717) is 0 Å². The lowest BCUT2D eigenvalue weighted by Gasteiger charge is -2.30. The summed E-state index contributed by atoms with van der Waals surface area (Å²) in [5, 5.41) is 0. The lowest BCUT2D eigenvalue weighted by Crippen LogP contribution is -2.19. The van der Waals surface area contributed by atoms with E-state index in [9.17, 15) is 0 Å². The predicted molar refractivity (Wildman–Crippen MR) is 90.8 cm³/mol. The van der Waals surface area contributed by atoms with Crippen LogP contribution in [0.2, 0.25) is 0 Å². The second-order valence-electron chi connectivity index (χ2n) is 7.80. The van der Waals surface area contributed by atoms with Crippen LogP contribution in [0.4, 0.5) is 0 Å². The van der Waals surface area contributed by atoms with Crippen molar-refractivity contribution in [1.82, 2.24) is 0 Å². The van der Waals surface area contributed by atoms with Gasteiger partial charge in [-0.2, -0.15) is 0 Å². The van der Waals surface area contributed by atoms with Gasteiger partial charge in [0.1, 0.15) is 5.75 Å². The third kappa shape index (κ3) is 3.23. The molecule has 0 spiro atoms. The van der Waals surface area contributed by atoms with Gasteiger partial charge >= 0.3 is 0 Å². The first-order valence-electron chi connectivity index (χ1n) is 7.65. The zero-order valence-electron chi connectivity index (χ0n) is 14.4. The van der Waals surface area contributed by atoms with Crippen molar-refractivity contribution in [2.45, 2.75) is 58.8 Å². The Labute approximate surface area is 129 Å². The third-order valence-corrected chi connectivity index (χ3v) is 3.91. The normalized spacial score (nSPS) is 15.3. The van der Waals surface area contributed by atoms with Crippen molar-refractivity contribution in [1.29, 1.82) is 0 Å². The Morgan fingerprint density at radius 3 is 1.81 bits per heavy atom. The van der Waals surface area contributed by atoms with Gasteiger partial charge in [-0.1, -0.05) is 53.7 Å². The summed E-state index contributed by atoms with van der Waals surface area (Å²) in [5.74, 6) is 1.03. The van der Waals surface area contributed by atoms with Gasteiger partial charge in [-0.25, -0.2) is 0 Å². The SMILES string of the molecule is COc1c(C(C)(C)C)cc(C2=[C]CC=C2)cc1C(C)(C)C. The van der Waals surface area contributed by atoms with Crippen molar-refractivity contribution >= 4 is 5.57 Å². The Hall–Kier alpha value is -1.50. The molecule has 0 aliphatic heterocycles. The number of benzene rings is 1. The van der Waals surface area contributed by atoms with Gasteiger partial charge in [0.05, 0.1) is 7.11 Å². The van der Waals surface area contributed by atoms with E-state index in [1.54, 1.807) is 7.11 Å². The van der Waals surface area contributed by atoms with Crippen molar-refractivity contribution in [2.24, 2.45) is 0 Å². The molecule has 1 aromatic rings. The molecule has 1 radical (unpaired) electrons. The lowest BCUT2D eigenvalue weighted by atomic mass is 9.77. The van der Waals surface area contributed by atoms with E-state index in [1.807, 2.05) is 0 Å². The molecule has 1 aromatic carbocycles. The molecule has 113 valence electrons. The molecule has 0 saturated heterocycles. The summed E-state index contributed by atoms with van der Waals surface area (Å²) in [7, 11) is 1.78. The van der Waals surface area contributed by atoms with Crippen molar-refractivity contribution < 1.29 is 4.74 Å². The summed E-state index contributed by atoms with van der Waals surface area (Å²) in [6.07, 6.45) is 8.67. The Kier molecular flexibility index (Phi) is 4.06. The molecule has 1 heteroatoms. The summed E-state index contributed by atoms with van der Waals surface area (Å²) in [5.41, 5.74) is 5.08. The Balaban J connectivity index is 2.74. The van der Waals surface area contributed by atoms with E-state index in [2.05, 4.69) is 71.9 Å². The average molecular weight is 283 g/mol. The largest absolute Gasteiger partial charge is 0.496 e. The quantitative estimate of drug-likeness (QED) is 0.702. The first-order chi connectivity index (χ1) is 9.64. The van der Waals surface area contributed by atoms with Crippen LogP contribution in [0, 0.1) is 6.08 Å². The standard InChI is InChI=1S/C20H27O/c1-19(2,3)16-12-15(14-10-8-9-11-14)13-17(18(16)21-7)20(4,5)6/h8,10,12-13H,9H2,1-7H3. The zero-order valence-corrected chi connectivity index (χ0v) is 14.4. The molecule has 0 amide bonds. The van der Waals surface area contributed by atoms with E-state index in [0.717, 1.165) is 12.2 Å². The number of hydrogen-bond acceptors (Lipinski definition) is 1. The molecule has 0 fully saturated rings. The highest BCUT2D eigenvalue weighted by atomic mass is 16.5. The molecule has 0 unspecified atom stereocenters. The van der Waals surface area contributed by atoms with Crippen LogP contribution in [-0.2, 0) is 10.8 Å². The van der Waals surface area contributed by atoms with E-state index in [4.69, 9.17) is 4.74 Å². The van der Waals surface area contributed by atoms with Crippen LogP contribution in [0.15, 0.2) is 24.3 Å². The molecule has 0 heterocycles. The second-order valence-corrected chi connectivity index (χ2v) is 7.80. The minimum Gasteiger partial charge on any atom is -0.496 e. The van der Waals surface area contributed by atoms with Gasteiger partial charge in [-0.15, -0.1) is 0 Å². The van der Waals surface area contributed by atoms with Crippen LogP contribution in [0.3, 0.4) is 0 Å². The molecular formula is C20H27O. The number of ether oxygens (including phenoxy) is 1. The Morgan fingerprint density at radius 2 is 1.48 bits per heavy atom. The Morgan fingerprint density at radius 1 is 0.952 bits per heavy atom. The summed E-state index contributed by atoms with van der Waals surface area (Å²) in [6.45, 7) is 13.4. The minimum absolute atomic E-state index is 0.0459. The Bertz CT molecular complexity index is 554. The van der Waals surface area contributed by atoms with Crippen molar-refractivity contribution in [2.75, 3.05) is 7.11 Å². The first kappa shape index (κ1) is 15.9. The van der Waals surface area contributed by atoms with Gasteiger partial charge in [0.25, 0.3) is 0 Å². The molecule has 0 saturated carbocycles. The highest BCUT2D eigenvalue weighted by molar-refractivity contribution is 5.76. The van der Waals surface area contributed by atoms with Crippen LogP contribution in [0.1, 0.15) is 64.7 Å². The molecule has 21 heavy (non-hydrogen) atoms. The molecule has 0 N–H and O–H groups in total. The summed E-state index contributed by atoms with van der Waals surface area (Å²) in [6, 6.07) is 4.54. The van der Waals surface area contributed by atoms with Gasteiger partial charge in [0.15, 0.2) is 0 Å². The topological polar surface area (TPSA) is 9.23 Å². The molecule has 2 rings (SSSR count). The molecule has 1 aliphatic carbocycles. The van der Waals surface area contributed by atoms with E-state index in [1.165, 1.54) is 22.3 Å². The van der Waals surface area contributed by atoms with Crippen LogP contribution in [0.5, 0.6) is 5.75 Å². The number of hydrogen-bond donors (Lipinski definition) is 0. The maximum absolute atomic E-state index is 5.80. The predicted octanol–water partition coefficient (Wildman–Crippen LogP) is 5.44. The fourth-order valence-electron chi connectivity index (χ4n) is 2.72. The third-order valence-electron chi connectivity index (χ3n) is 3.91.